The van der Waals surface area contributed by atoms with Crippen molar-refractivity contribution in [3.8, 4) is 0 Å². The maximum atomic E-state index is 11.9. The number of aliphatic hydroxyl groups is 8. The molecule has 212 valence electrons. The van der Waals surface area contributed by atoms with Gasteiger partial charge in [-0.3, -0.25) is 4.79 Å². The molecule has 2 heterocycles. The topological polar surface area (TPSA) is 216 Å². The molecule has 8 N–H and O–H groups in total. The van der Waals surface area contributed by atoms with Gasteiger partial charge in [0.25, 0.3) is 0 Å². The summed E-state index contributed by atoms with van der Waals surface area (Å²) in [6.45, 7) is 3.93. The zero-order valence-electron chi connectivity index (χ0n) is 21.0. The lowest BCUT2D eigenvalue weighted by Gasteiger charge is -2.44. The minimum absolute atomic E-state index is 0.106. The van der Waals surface area contributed by atoms with E-state index in [1.807, 2.05) is 0 Å². The van der Waals surface area contributed by atoms with E-state index in [1.165, 1.54) is 18.2 Å². The van der Waals surface area contributed by atoms with E-state index in [0.717, 1.165) is 0 Å². The van der Waals surface area contributed by atoms with E-state index in [4.69, 9.17) is 18.9 Å². The molecule has 37 heavy (non-hydrogen) atoms. The van der Waals surface area contributed by atoms with E-state index in [1.54, 1.807) is 20.8 Å². The molecule has 13 nitrogen and oxygen atoms in total. The van der Waals surface area contributed by atoms with Gasteiger partial charge in [-0.25, -0.2) is 0 Å². The lowest BCUT2D eigenvalue weighted by atomic mass is 9.64. The van der Waals surface area contributed by atoms with Crippen molar-refractivity contribution in [3.05, 3.63) is 23.8 Å². The Morgan fingerprint density at radius 3 is 2.32 bits per heavy atom. The third kappa shape index (κ3) is 6.46. The van der Waals surface area contributed by atoms with Crippen molar-refractivity contribution in [2.45, 2.75) is 94.2 Å². The van der Waals surface area contributed by atoms with Crippen LogP contribution in [-0.2, 0) is 23.7 Å². The van der Waals surface area contributed by atoms with Gasteiger partial charge in [-0.2, -0.15) is 0 Å². The molecule has 13 heteroatoms. The van der Waals surface area contributed by atoms with Crippen molar-refractivity contribution in [1.29, 1.82) is 0 Å². The van der Waals surface area contributed by atoms with Gasteiger partial charge in [0.2, 0.25) is 0 Å². The second-order valence-electron chi connectivity index (χ2n) is 10.5. The predicted octanol–water partition coefficient (Wildman–Crippen LogP) is -3.14. The highest BCUT2D eigenvalue weighted by molar-refractivity contribution is 5.92. The first-order chi connectivity index (χ1) is 17.2. The normalized spacial score (nSPS) is 43.6. The first-order valence-electron chi connectivity index (χ1n) is 12.1. The van der Waals surface area contributed by atoms with E-state index in [0.29, 0.717) is 5.57 Å². The van der Waals surface area contributed by atoms with Crippen molar-refractivity contribution in [2.75, 3.05) is 19.8 Å². The van der Waals surface area contributed by atoms with Gasteiger partial charge in [-0.05, 0) is 24.6 Å². The summed E-state index contributed by atoms with van der Waals surface area (Å²) in [7, 11) is 0. The van der Waals surface area contributed by atoms with Crippen molar-refractivity contribution >= 4 is 5.78 Å². The van der Waals surface area contributed by atoms with Crippen molar-refractivity contribution in [1.82, 2.24) is 0 Å². The highest BCUT2D eigenvalue weighted by Crippen LogP contribution is 2.44. The summed E-state index contributed by atoms with van der Waals surface area (Å²) >= 11 is 0. The van der Waals surface area contributed by atoms with Gasteiger partial charge >= 0.3 is 0 Å². The Labute approximate surface area is 214 Å². The monoisotopic (exact) mass is 534 g/mol. The van der Waals surface area contributed by atoms with Gasteiger partial charge in [0.15, 0.2) is 18.4 Å². The Morgan fingerprint density at radius 2 is 1.68 bits per heavy atom. The smallest absolute Gasteiger partial charge is 0.186 e. The summed E-state index contributed by atoms with van der Waals surface area (Å²) < 4.78 is 21.4. The van der Waals surface area contributed by atoms with Crippen LogP contribution >= 0.6 is 0 Å². The van der Waals surface area contributed by atoms with E-state index < -0.39 is 85.6 Å². The Balaban J connectivity index is 1.57. The van der Waals surface area contributed by atoms with Crippen LogP contribution in [0.25, 0.3) is 0 Å². The quantitative estimate of drug-likeness (QED) is 0.145. The minimum atomic E-state index is -1.70. The summed E-state index contributed by atoms with van der Waals surface area (Å²) in [4.78, 5) is 11.9. The molecule has 1 aliphatic carbocycles. The third-order valence-corrected chi connectivity index (χ3v) is 7.16. The molecule has 0 spiro atoms. The van der Waals surface area contributed by atoms with Gasteiger partial charge in [0, 0.05) is 11.8 Å². The summed E-state index contributed by atoms with van der Waals surface area (Å²) in [6, 6.07) is 0. The fourth-order valence-electron chi connectivity index (χ4n) is 4.67. The molecule has 2 fully saturated rings. The molecule has 0 aromatic rings. The summed E-state index contributed by atoms with van der Waals surface area (Å²) in [5, 5.41) is 81.5. The zero-order valence-corrected chi connectivity index (χ0v) is 21.0. The number of allylic oxidation sites excluding steroid dienone is 1. The predicted molar refractivity (Wildman–Crippen MR) is 124 cm³/mol. The van der Waals surface area contributed by atoms with Crippen LogP contribution < -0.4 is 0 Å². The average molecular weight is 535 g/mol. The Hall–Kier alpha value is -1.33. The van der Waals surface area contributed by atoms with Crippen LogP contribution in [0.2, 0.25) is 0 Å². The summed E-state index contributed by atoms with van der Waals surface area (Å²) in [5.74, 6) is -0.106. The molecule has 2 saturated heterocycles. The van der Waals surface area contributed by atoms with Crippen molar-refractivity contribution < 1.29 is 64.6 Å². The minimum Gasteiger partial charge on any atom is -0.388 e. The number of carbonyl (C=O) groups is 1. The number of hydrogen-bond acceptors (Lipinski definition) is 13. The molecule has 0 amide bonds. The van der Waals surface area contributed by atoms with Gasteiger partial charge < -0.3 is 59.8 Å². The number of carbonyl (C=O) groups excluding carboxylic acids is 1. The van der Waals surface area contributed by atoms with Gasteiger partial charge in [-0.1, -0.05) is 19.9 Å². The fraction of sp³-hybridized carbons (Fsp3) is 0.792. The number of rotatable bonds is 8. The largest absolute Gasteiger partial charge is 0.388 e. The van der Waals surface area contributed by atoms with E-state index in [2.05, 4.69) is 0 Å². The molecule has 0 unspecified atom stereocenters. The molecule has 0 bridgehead atoms. The van der Waals surface area contributed by atoms with Crippen LogP contribution in [0.3, 0.4) is 0 Å². The number of ketones is 1. The second-order valence-corrected chi connectivity index (χ2v) is 10.5. The molecule has 3 rings (SSSR count). The van der Waals surface area contributed by atoms with E-state index in [-0.39, 0.29) is 18.8 Å². The van der Waals surface area contributed by atoms with Gasteiger partial charge in [-0.15, -0.1) is 0 Å². The summed E-state index contributed by atoms with van der Waals surface area (Å²) in [6.07, 6.45) is -10.5. The third-order valence-electron chi connectivity index (χ3n) is 7.16. The maximum absolute atomic E-state index is 11.9. The van der Waals surface area contributed by atoms with Crippen molar-refractivity contribution in [3.63, 3.8) is 0 Å². The lowest BCUT2D eigenvalue weighted by Crippen LogP contribution is -2.60. The SMILES string of the molecule is CC1=CC(=O)CC(C)(C)[C@]1(O)C=C[C@H](O)CO[C@@H]1O[C@H](CO[C@@H]2OC[C@H](O)[C@H](O)[C@H]2O)[C@@H](O)[C@H](O)[C@H]1O. The van der Waals surface area contributed by atoms with Crippen LogP contribution in [0.1, 0.15) is 27.2 Å². The molecular formula is C24H38O13. The van der Waals surface area contributed by atoms with Crippen LogP contribution in [0, 0.1) is 5.41 Å². The number of hydrogen-bond donors (Lipinski definition) is 8. The Bertz CT molecular complexity index is 860. The zero-order chi connectivity index (χ0) is 27.7. The first-order valence-corrected chi connectivity index (χ1v) is 12.1. The van der Waals surface area contributed by atoms with E-state index >= 15 is 0 Å². The molecule has 11 atom stereocenters. The van der Waals surface area contributed by atoms with Gasteiger partial charge in [0.1, 0.15) is 48.3 Å². The molecule has 3 aliphatic rings. The second kappa shape index (κ2) is 11.8. The molecule has 0 saturated carbocycles. The number of ether oxygens (including phenoxy) is 4. The number of aliphatic hydroxyl groups excluding tert-OH is 7. The van der Waals surface area contributed by atoms with Crippen LogP contribution in [-0.4, -0.2) is 133 Å². The maximum Gasteiger partial charge on any atom is 0.186 e. The standard InChI is InChI=1S/C24H38O13/c1-11-6-13(26)7-23(2,3)24(11,33)5-4-12(25)8-34-22-20(32)18(30)17(29)15(37-22)10-36-21-19(31)16(28)14(27)9-35-21/h4-6,12,14-22,25,27-33H,7-10H2,1-3H3/t12-,14-,15+,16-,17+,18-,19+,20+,21-,22+,24-/m0/s1. The lowest BCUT2D eigenvalue weighted by molar-refractivity contribution is -0.322. The highest BCUT2D eigenvalue weighted by atomic mass is 16.7. The first kappa shape index (κ1) is 30.2. The molecule has 2 aliphatic heterocycles. The molecule has 0 radical (unpaired) electrons. The summed E-state index contributed by atoms with van der Waals surface area (Å²) in [5.41, 5.74) is -1.88. The Kier molecular flexibility index (Phi) is 9.65. The van der Waals surface area contributed by atoms with Crippen LogP contribution in [0.4, 0.5) is 0 Å². The average Bonchev–Trinajstić information content (AvgIpc) is 2.83. The highest BCUT2D eigenvalue weighted by Gasteiger charge is 2.48. The van der Waals surface area contributed by atoms with Crippen LogP contribution in [0.5, 0.6) is 0 Å². The molecule has 0 aromatic heterocycles. The molecule has 0 aromatic carbocycles. The van der Waals surface area contributed by atoms with Crippen molar-refractivity contribution in [2.24, 2.45) is 5.41 Å². The fourth-order valence-corrected chi connectivity index (χ4v) is 4.67. The van der Waals surface area contributed by atoms with E-state index in [9.17, 15) is 45.6 Å². The molecular weight excluding hydrogens is 496 g/mol. The van der Waals surface area contributed by atoms with Gasteiger partial charge in [0.05, 0.1) is 25.9 Å². The van der Waals surface area contributed by atoms with Crippen LogP contribution in [0.15, 0.2) is 23.8 Å². The Morgan fingerprint density at radius 1 is 1.03 bits per heavy atom.